The van der Waals surface area contributed by atoms with E-state index in [4.69, 9.17) is 15.9 Å². The first kappa shape index (κ1) is 17.6. The van der Waals surface area contributed by atoms with E-state index in [1.54, 1.807) is 25.3 Å². The van der Waals surface area contributed by atoms with E-state index >= 15 is 0 Å². The second kappa shape index (κ2) is 10.3. The molecule has 4 nitrogen and oxygen atoms in total. The standard InChI is InChI=1S/C16H22FNO3/c1-3-9-21-13-15(19)12-18(8-10-20-2)11-14-6-4-5-7-16(14)17/h1,4-7,15,19H,8-13H2,2H3/t15-/m0/s1. The Morgan fingerprint density at radius 2 is 2.19 bits per heavy atom. The van der Waals surface area contributed by atoms with Gasteiger partial charge < -0.3 is 14.6 Å². The molecule has 0 fully saturated rings. The van der Waals surface area contributed by atoms with Gasteiger partial charge in [-0.25, -0.2) is 4.39 Å². The lowest BCUT2D eigenvalue weighted by molar-refractivity contribution is 0.0205. The zero-order chi connectivity index (χ0) is 15.5. The van der Waals surface area contributed by atoms with Gasteiger partial charge in [-0.2, -0.15) is 0 Å². The van der Waals surface area contributed by atoms with Crippen LogP contribution in [0.2, 0.25) is 0 Å². The predicted molar refractivity (Wildman–Crippen MR) is 79.2 cm³/mol. The van der Waals surface area contributed by atoms with Crippen molar-refractivity contribution in [2.75, 3.05) is 40.0 Å². The minimum Gasteiger partial charge on any atom is -0.389 e. The van der Waals surface area contributed by atoms with Crippen LogP contribution in [-0.2, 0) is 16.0 Å². The molecule has 116 valence electrons. The third kappa shape index (κ3) is 7.21. The van der Waals surface area contributed by atoms with E-state index in [9.17, 15) is 9.50 Å². The number of terminal acetylenes is 1. The molecule has 0 heterocycles. The predicted octanol–water partition coefficient (Wildman–Crippen LogP) is 1.28. The van der Waals surface area contributed by atoms with Crippen LogP contribution in [0.5, 0.6) is 0 Å². The molecule has 0 amide bonds. The molecular weight excluding hydrogens is 273 g/mol. The fourth-order valence-corrected chi connectivity index (χ4v) is 1.93. The molecule has 21 heavy (non-hydrogen) atoms. The smallest absolute Gasteiger partial charge is 0.127 e. The van der Waals surface area contributed by atoms with Gasteiger partial charge in [0.1, 0.15) is 12.4 Å². The number of nitrogens with zero attached hydrogens (tertiary/aromatic N) is 1. The van der Waals surface area contributed by atoms with Crippen LogP contribution >= 0.6 is 0 Å². The molecule has 1 rings (SSSR count). The number of aliphatic hydroxyl groups excluding tert-OH is 1. The average Bonchev–Trinajstić information content (AvgIpc) is 2.47. The van der Waals surface area contributed by atoms with Crippen molar-refractivity contribution >= 4 is 0 Å². The number of aliphatic hydroxyl groups is 1. The number of hydrogen-bond acceptors (Lipinski definition) is 4. The fraction of sp³-hybridized carbons (Fsp3) is 0.500. The molecule has 0 radical (unpaired) electrons. The van der Waals surface area contributed by atoms with E-state index in [0.717, 1.165) is 0 Å². The van der Waals surface area contributed by atoms with Gasteiger partial charge in [-0.3, -0.25) is 4.90 Å². The van der Waals surface area contributed by atoms with Gasteiger partial charge in [0.05, 0.1) is 19.3 Å². The Labute approximate surface area is 125 Å². The van der Waals surface area contributed by atoms with E-state index in [2.05, 4.69) is 5.92 Å². The first-order valence-electron chi connectivity index (χ1n) is 6.81. The number of ether oxygens (including phenoxy) is 2. The summed E-state index contributed by atoms with van der Waals surface area (Å²) in [6.07, 6.45) is 4.40. The number of hydrogen-bond donors (Lipinski definition) is 1. The van der Waals surface area contributed by atoms with Crippen LogP contribution in [0.3, 0.4) is 0 Å². The van der Waals surface area contributed by atoms with Gasteiger partial charge in [0, 0.05) is 32.3 Å². The third-order valence-corrected chi connectivity index (χ3v) is 2.93. The number of methoxy groups -OCH3 is 1. The van der Waals surface area contributed by atoms with Crippen molar-refractivity contribution in [1.29, 1.82) is 0 Å². The topological polar surface area (TPSA) is 41.9 Å². The molecule has 0 spiro atoms. The van der Waals surface area contributed by atoms with Crippen LogP contribution < -0.4 is 0 Å². The maximum absolute atomic E-state index is 13.7. The van der Waals surface area contributed by atoms with E-state index in [1.807, 2.05) is 4.90 Å². The first-order valence-corrected chi connectivity index (χ1v) is 6.81. The monoisotopic (exact) mass is 295 g/mol. The maximum Gasteiger partial charge on any atom is 0.127 e. The number of halogens is 1. The molecule has 0 saturated heterocycles. The van der Waals surface area contributed by atoms with Crippen LogP contribution in [0, 0.1) is 18.2 Å². The minimum atomic E-state index is -0.679. The molecular formula is C16H22FNO3. The van der Waals surface area contributed by atoms with Gasteiger partial charge in [0.15, 0.2) is 0 Å². The third-order valence-electron chi connectivity index (χ3n) is 2.93. The van der Waals surface area contributed by atoms with E-state index in [1.165, 1.54) is 6.07 Å². The van der Waals surface area contributed by atoms with Gasteiger partial charge in [-0.15, -0.1) is 6.42 Å². The summed E-state index contributed by atoms with van der Waals surface area (Å²) in [7, 11) is 1.60. The molecule has 1 N–H and O–H groups in total. The molecule has 0 aliphatic rings. The number of benzene rings is 1. The Kier molecular flexibility index (Phi) is 8.63. The second-order valence-electron chi connectivity index (χ2n) is 4.69. The SMILES string of the molecule is C#CCOC[C@@H](O)CN(CCOC)Cc1ccccc1F. The molecule has 1 aromatic rings. The van der Waals surface area contributed by atoms with E-state index in [0.29, 0.717) is 31.8 Å². The van der Waals surface area contributed by atoms with Crippen molar-refractivity contribution in [1.82, 2.24) is 4.90 Å². The van der Waals surface area contributed by atoms with Gasteiger partial charge in [0.25, 0.3) is 0 Å². The molecule has 1 atom stereocenters. The Balaban J connectivity index is 2.55. The summed E-state index contributed by atoms with van der Waals surface area (Å²) in [5.41, 5.74) is 0.588. The second-order valence-corrected chi connectivity index (χ2v) is 4.69. The van der Waals surface area contributed by atoms with Crippen LogP contribution in [-0.4, -0.2) is 56.1 Å². The Hall–Kier alpha value is -1.45. The first-order chi connectivity index (χ1) is 10.2. The molecule has 0 aromatic heterocycles. The van der Waals surface area contributed by atoms with Crippen molar-refractivity contribution in [2.24, 2.45) is 0 Å². The van der Waals surface area contributed by atoms with Crippen molar-refractivity contribution in [2.45, 2.75) is 12.6 Å². The summed E-state index contributed by atoms with van der Waals surface area (Å²) in [5, 5.41) is 9.92. The highest BCUT2D eigenvalue weighted by atomic mass is 19.1. The van der Waals surface area contributed by atoms with Crippen LogP contribution in [0.1, 0.15) is 5.56 Å². The fourth-order valence-electron chi connectivity index (χ4n) is 1.93. The van der Waals surface area contributed by atoms with Crippen LogP contribution in [0.15, 0.2) is 24.3 Å². The Bertz CT molecular complexity index is 447. The highest BCUT2D eigenvalue weighted by molar-refractivity contribution is 5.17. The lowest BCUT2D eigenvalue weighted by atomic mass is 10.2. The summed E-state index contributed by atoms with van der Waals surface area (Å²) < 4.78 is 23.8. The summed E-state index contributed by atoms with van der Waals surface area (Å²) in [6, 6.07) is 6.60. The van der Waals surface area contributed by atoms with Crippen LogP contribution in [0.4, 0.5) is 4.39 Å². The van der Waals surface area contributed by atoms with Gasteiger partial charge >= 0.3 is 0 Å². The molecule has 0 bridgehead atoms. The van der Waals surface area contributed by atoms with Gasteiger partial charge in [-0.05, 0) is 6.07 Å². The summed E-state index contributed by atoms with van der Waals surface area (Å²) in [6.45, 7) is 2.20. The van der Waals surface area contributed by atoms with Crippen molar-refractivity contribution in [3.05, 3.63) is 35.6 Å². The van der Waals surface area contributed by atoms with Gasteiger partial charge in [-0.1, -0.05) is 24.1 Å². The summed E-state index contributed by atoms with van der Waals surface area (Å²) >= 11 is 0. The molecule has 0 unspecified atom stereocenters. The van der Waals surface area contributed by atoms with Gasteiger partial charge in [0.2, 0.25) is 0 Å². The lowest BCUT2D eigenvalue weighted by Crippen LogP contribution is -2.36. The van der Waals surface area contributed by atoms with Crippen molar-refractivity contribution in [3.8, 4) is 12.3 Å². The maximum atomic E-state index is 13.7. The molecule has 0 aliphatic carbocycles. The largest absolute Gasteiger partial charge is 0.389 e. The normalized spacial score (nSPS) is 12.3. The zero-order valence-electron chi connectivity index (χ0n) is 12.3. The molecule has 0 saturated carbocycles. The summed E-state index contributed by atoms with van der Waals surface area (Å²) in [5.74, 6) is 2.09. The van der Waals surface area contributed by atoms with E-state index < -0.39 is 6.10 Å². The number of rotatable bonds is 10. The molecule has 5 heteroatoms. The average molecular weight is 295 g/mol. The van der Waals surface area contributed by atoms with Crippen molar-refractivity contribution in [3.63, 3.8) is 0 Å². The molecule has 1 aromatic carbocycles. The Morgan fingerprint density at radius 1 is 1.43 bits per heavy atom. The van der Waals surface area contributed by atoms with Crippen molar-refractivity contribution < 1.29 is 19.0 Å². The highest BCUT2D eigenvalue weighted by Crippen LogP contribution is 2.10. The summed E-state index contributed by atoms with van der Waals surface area (Å²) in [4.78, 5) is 1.92. The van der Waals surface area contributed by atoms with Crippen LogP contribution in [0.25, 0.3) is 0 Å². The lowest BCUT2D eigenvalue weighted by Gasteiger charge is -2.25. The highest BCUT2D eigenvalue weighted by Gasteiger charge is 2.14. The molecule has 0 aliphatic heterocycles. The van der Waals surface area contributed by atoms with E-state index in [-0.39, 0.29) is 19.0 Å². The minimum absolute atomic E-state index is 0.158. The zero-order valence-corrected chi connectivity index (χ0v) is 12.3. The Morgan fingerprint density at radius 3 is 2.86 bits per heavy atom. The quantitative estimate of drug-likeness (QED) is 0.522.